The molecule has 0 bridgehead atoms. The van der Waals surface area contributed by atoms with Gasteiger partial charge in [-0.05, 0) is 31.2 Å². The number of carbonyl (C=O) groups excluding carboxylic acids is 1. The minimum absolute atomic E-state index is 0.0644. The second-order valence-electron chi connectivity index (χ2n) is 6.23. The summed E-state index contributed by atoms with van der Waals surface area (Å²) in [6, 6.07) is 9.26. The highest BCUT2D eigenvalue weighted by molar-refractivity contribution is 7.90. The molecule has 1 aromatic heterocycles. The van der Waals surface area contributed by atoms with Crippen LogP contribution in [0, 0.1) is 0 Å². The third-order valence-electron chi connectivity index (χ3n) is 4.31. The third-order valence-corrected chi connectivity index (χ3v) is 5.47. The summed E-state index contributed by atoms with van der Waals surface area (Å²) in [7, 11) is -3.41. The maximum Gasteiger partial charge on any atom is 0.256 e. The standard InChI is InChI=1S/C18H17N3O4S/c1-12(16-10-13-4-2-3-5-15(13)25-16)19-18(22)14-6-7-17-20-26(23,24)9-8-21(17)11-14/h2-7,10-12H,8-9H2,1H3,(H,19,22). The van der Waals surface area contributed by atoms with Crippen molar-refractivity contribution >= 4 is 32.7 Å². The summed E-state index contributed by atoms with van der Waals surface area (Å²) in [5.41, 5.74) is 1.21. The molecule has 1 atom stereocenters. The second kappa shape index (κ2) is 6.14. The molecule has 4 rings (SSSR count). The van der Waals surface area contributed by atoms with Crippen LogP contribution in [0.1, 0.15) is 18.7 Å². The molecule has 2 aliphatic rings. The van der Waals surface area contributed by atoms with Gasteiger partial charge in [-0.25, -0.2) is 8.42 Å². The van der Waals surface area contributed by atoms with Gasteiger partial charge in [0.15, 0.2) is 0 Å². The van der Waals surface area contributed by atoms with Gasteiger partial charge in [0.2, 0.25) is 0 Å². The molecule has 1 unspecified atom stereocenters. The Hall–Kier alpha value is -2.87. The summed E-state index contributed by atoms with van der Waals surface area (Å²) < 4.78 is 32.6. The predicted octanol–water partition coefficient (Wildman–Crippen LogP) is 2.11. The fraction of sp³-hybridized carbons (Fsp3) is 0.222. The molecule has 3 heterocycles. The van der Waals surface area contributed by atoms with E-state index in [9.17, 15) is 13.2 Å². The fourth-order valence-corrected chi connectivity index (χ4v) is 3.87. The number of hydrogen-bond acceptors (Lipinski definition) is 5. The summed E-state index contributed by atoms with van der Waals surface area (Å²) in [6.45, 7) is 2.13. The average molecular weight is 371 g/mol. The molecule has 2 aromatic rings. The summed E-state index contributed by atoms with van der Waals surface area (Å²) in [5, 5.41) is 3.88. The van der Waals surface area contributed by atoms with E-state index in [1.807, 2.05) is 37.3 Å². The summed E-state index contributed by atoms with van der Waals surface area (Å²) in [5.74, 6) is 0.677. The number of para-hydroxylation sites is 1. The highest BCUT2D eigenvalue weighted by atomic mass is 32.2. The van der Waals surface area contributed by atoms with Gasteiger partial charge in [0.25, 0.3) is 15.9 Å². The molecule has 1 amide bonds. The quantitative estimate of drug-likeness (QED) is 0.892. The van der Waals surface area contributed by atoms with Crippen molar-refractivity contribution in [2.45, 2.75) is 13.0 Å². The first-order valence-corrected chi connectivity index (χ1v) is 9.81. The first-order valence-electron chi connectivity index (χ1n) is 8.20. The van der Waals surface area contributed by atoms with E-state index in [2.05, 4.69) is 9.71 Å². The SMILES string of the molecule is CC(NC(=O)C1=CN2CCS(=O)(=O)N=C2C=C1)c1cc2ccccc2o1. The number of hydrogen-bond donors (Lipinski definition) is 1. The van der Waals surface area contributed by atoms with Crippen LogP contribution in [0.5, 0.6) is 0 Å². The molecule has 0 saturated carbocycles. The zero-order valence-corrected chi connectivity index (χ0v) is 14.9. The molecule has 1 aromatic carbocycles. The Morgan fingerprint density at radius 3 is 2.92 bits per heavy atom. The van der Waals surface area contributed by atoms with Gasteiger partial charge in [-0.2, -0.15) is 0 Å². The van der Waals surface area contributed by atoms with Gasteiger partial charge in [0, 0.05) is 18.1 Å². The Bertz CT molecular complexity index is 1050. The van der Waals surface area contributed by atoms with E-state index in [1.54, 1.807) is 17.2 Å². The highest BCUT2D eigenvalue weighted by Crippen LogP contribution is 2.24. The van der Waals surface area contributed by atoms with Crippen molar-refractivity contribution < 1.29 is 17.6 Å². The maximum atomic E-state index is 12.5. The van der Waals surface area contributed by atoms with Crippen molar-refractivity contribution in [2.75, 3.05) is 12.3 Å². The fourth-order valence-electron chi connectivity index (χ4n) is 2.90. The van der Waals surface area contributed by atoms with Crippen LogP contribution < -0.4 is 5.32 Å². The molecule has 0 radical (unpaired) electrons. The monoisotopic (exact) mass is 371 g/mol. The molecule has 0 saturated heterocycles. The van der Waals surface area contributed by atoms with Crippen LogP contribution in [0.15, 0.2) is 63.1 Å². The molecule has 26 heavy (non-hydrogen) atoms. The number of sulfonamides is 1. The molecule has 134 valence electrons. The lowest BCUT2D eigenvalue weighted by Gasteiger charge is -2.27. The van der Waals surface area contributed by atoms with Crippen molar-refractivity contribution in [3.05, 3.63) is 60.0 Å². The van der Waals surface area contributed by atoms with E-state index in [4.69, 9.17) is 4.42 Å². The first-order chi connectivity index (χ1) is 12.4. The second-order valence-corrected chi connectivity index (χ2v) is 7.98. The average Bonchev–Trinajstić information content (AvgIpc) is 3.05. The Morgan fingerprint density at radius 1 is 1.31 bits per heavy atom. The normalized spacial score (nSPS) is 19.5. The highest BCUT2D eigenvalue weighted by Gasteiger charge is 2.25. The molecule has 0 fully saturated rings. The van der Waals surface area contributed by atoms with Crippen molar-refractivity contribution in [1.29, 1.82) is 0 Å². The molecule has 0 aliphatic carbocycles. The number of fused-ring (bicyclic) bond motifs is 2. The van der Waals surface area contributed by atoms with Crippen LogP contribution in [-0.4, -0.2) is 37.4 Å². The van der Waals surface area contributed by atoms with E-state index in [0.717, 1.165) is 11.0 Å². The predicted molar refractivity (Wildman–Crippen MR) is 97.9 cm³/mol. The molecule has 1 N–H and O–H groups in total. The van der Waals surface area contributed by atoms with Gasteiger partial charge in [0.1, 0.15) is 17.2 Å². The lowest BCUT2D eigenvalue weighted by molar-refractivity contribution is -0.118. The van der Waals surface area contributed by atoms with Gasteiger partial charge < -0.3 is 14.6 Å². The van der Waals surface area contributed by atoms with Crippen LogP contribution in [0.3, 0.4) is 0 Å². The molecular weight excluding hydrogens is 354 g/mol. The first kappa shape index (κ1) is 16.6. The molecule has 7 nitrogen and oxygen atoms in total. The van der Waals surface area contributed by atoms with Crippen molar-refractivity contribution in [1.82, 2.24) is 10.2 Å². The van der Waals surface area contributed by atoms with Gasteiger partial charge in [-0.15, -0.1) is 4.40 Å². The van der Waals surface area contributed by atoms with Crippen molar-refractivity contribution in [2.24, 2.45) is 4.40 Å². The zero-order chi connectivity index (χ0) is 18.3. The Labute approximate surface area is 150 Å². The number of nitrogens with zero attached hydrogens (tertiary/aromatic N) is 2. The minimum Gasteiger partial charge on any atom is -0.459 e. The third kappa shape index (κ3) is 3.15. The number of furan rings is 1. The molecule has 2 aliphatic heterocycles. The number of benzene rings is 1. The maximum absolute atomic E-state index is 12.5. The van der Waals surface area contributed by atoms with E-state index in [1.165, 1.54) is 6.08 Å². The van der Waals surface area contributed by atoms with Crippen LogP contribution in [-0.2, 0) is 14.8 Å². The zero-order valence-electron chi connectivity index (χ0n) is 14.0. The summed E-state index contributed by atoms with van der Waals surface area (Å²) >= 11 is 0. The Morgan fingerprint density at radius 2 is 2.12 bits per heavy atom. The van der Waals surface area contributed by atoms with E-state index < -0.39 is 10.0 Å². The molecule has 8 heteroatoms. The lowest BCUT2D eigenvalue weighted by atomic mass is 10.1. The number of amidine groups is 1. The Balaban J connectivity index is 1.50. The minimum atomic E-state index is -3.41. The summed E-state index contributed by atoms with van der Waals surface area (Å²) in [4.78, 5) is 14.2. The number of amides is 1. The van der Waals surface area contributed by atoms with Crippen LogP contribution in [0.25, 0.3) is 11.0 Å². The largest absolute Gasteiger partial charge is 0.459 e. The van der Waals surface area contributed by atoms with E-state index >= 15 is 0 Å². The Kier molecular flexibility index (Phi) is 3.91. The van der Waals surface area contributed by atoms with Crippen LogP contribution in [0.2, 0.25) is 0 Å². The van der Waals surface area contributed by atoms with Crippen LogP contribution in [0.4, 0.5) is 0 Å². The van der Waals surface area contributed by atoms with Gasteiger partial charge in [0.05, 0.1) is 17.4 Å². The van der Waals surface area contributed by atoms with Gasteiger partial charge in [-0.1, -0.05) is 18.2 Å². The number of nitrogens with one attached hydrogen (secondary N) is 1. The smallest absolute Gasteiger partial charge is 0.256 e. The summed E-state index contributed by atoms with van der Waals surface area (Å²) in [6.07, 6.45) is 4.72. The van der Waals surface area contributed by atoms with Gasteiger partial charge >= 0.3 is 0 Å². The van der Waals surface area contributed by atoms with Crippen molar-refractivity contribution in [3.8, 4) is 0 Å². The molecule has 0 spiro atoms. The van der Waals surface area contributed by atoms with E-state index in [-0.39, 0.29) is 24.2 Å². The van der Waals surface area contributed by atoms with E-state index in [0.29, 0.717) is 17.2 Å². The van der Waals surface area contributed by atoms with Gasteiger partial charge in [-0.3, -0.25) is 4.79 Å². The molecular formula is C18H17N3O4S. The van der Waals surface area contributed by atoms with Crippen molar-refractivity contribution in [3.63, 3.8) is 0 Å². The number of rotatable bonds is 3. The topological polar surface area (TPSA) is 92.0 Å². The van der Waals surface area contributed by atoms with Crippen LogP contribution >= 0.6 is 0 Å². The number of carbonyl (C=O) groups is 1. The lowest BCUT2D eigenvalue weighted by Crippen LogP contribution is -2.38.